The van der Waals surface area contributed by atoms with Crippen molar-refractivity contribution in [2.24, 2.45) is 0 Å². The molecule has 2 aromatic rings. The first-order valence-corrected chi connectivity index (χ1v) is 13.7. The van der Waals surface area contributed by atoms with Crippen molar-refractivity contribution in [3.63, 3.8) is 0 Å². The predicted molar refractivity (Wildman–Crippen MR) is 90.0 cm³/mol. The molecule has 0 amide bonds. The van der Waals surface area contributed by atoms with Gasteiger partial charge in [-0.3, -0.25) is 0 Å². The van der Waals surface area contributed by atoms with Gasteiger partial charge in [0.25, 0.3) is 0 Å². The van der Waals surface area contributed by atoms with Crippen LogP contribution >= 0.6 is 0 Å². The second kappa shape index (κ2) is 7.44. The first-order chi connectivity index (χ1) is 8.23. The Balaban J connectivity index is 0.000000454. The fourth-order valence-electron chi connectivity index (χ4n) is 2.05. The van der Waals surface area contributed by atoms with Gasteiger partial charge in [0.2, 0.25) is 0 Å². The molecule has 0 spiro atoms. The number of hydrogen-bond donors (Lipinski definition) is 0. The molecule has 2 rings (SSSR count). The van der Waals surface area contributed by atoms with Crippen LogP contribution in [0.1, 0.15) is 0 Å². The van der Waals surface area contributed by atoms with Crippen molar-refractivity contribution in [3.8, 4) is 0 Å². The smallest absolute Gasteiger partial charge is 0.0505 e. The van der Waals surface area contributed by atoms with Crippen LogP contribution in [0, 0.1) is 0 Å². The Labute approximate surface area is 131 Å². The predicted octanol–water partition coefficient (Wildman–Crippen LogP) is 3.90. The molecule has 0 atom stereocenters. The maximum absolute atomic E-state index is 2.44. The van der Waals surface area contributed by atoms with Crippen molar-refractivity contribution in [1.82, 2.24) is 0 Å². The van der Waals surface area contributed by atoms with Gasteiger partial charge in [0, 0.05) is 25.1 Å². The first kappa shape index (κ1) is 18.7. The molecule has 0 radical (unpaired) electrons. The summed E-state index contributed by atoms with van der Waals surface area (Å²) in [5.74, 6) is 0. The van der Waals surface area contributed by atoms with Crippen LogP contribution in [0.2, 0.25) is 39.3 Å². The van der Waals surface area contributed by atoms with Crippen molar-refractivity contribution in [1.29, 1.82) is 0 Å². The van der Waals surface area contributed by atoms with Gasteiger partial charge in [0.1, 0.15) is 0 Å². The Morgan fingerprint density at radius 3 is 1.53 bits per heavy atom. The van der Waals surface area contributed by atoms with Crippen LogP contribution in [-0.4, -0.2) is 16.1 Å². The van der Waals surface area contributed by atoms with Crippen molar-refractivity contribution in [3.05, 3.63) is 48.5 Å². The summed E-state index contributed by atoms with van der Waals surface area (Å²) in [4.78, 5) is 0. The van der Waals surface area contributed by atoms with E-state index < -0.39 is 16.1 Å². The molecule has 0 fully saturated rings. The van der Waals surface area contributed by atoms with E-state index in [1.807, 2.05) is 30.3 Å². The maximum atomic E-state index is 2.44. The molecule has 0 aliphatic carbocycles. The Bertz CT molecular complexity index is 396. The zero-order valence-electron chi connectivity index (χ0n) is 13.0. The van der Waals surface area contributed by atoms with E-state index in [4.69, 9.17) is 0 Å². The summed E-state index contributed by atoms with van der Waals surface area (Å²) in [6.45, 7) is 14.6. The summed E-state index contributed by atoms with van der Waals surface area (Å²) in [5.41, 5.74) is 0. The van der Waals surface area contributed by atoms with E-state index in [2.05, 4.69) is 57.5 Å². The molecule has 0 bridgehead atoms. The summed E-state index contributed by atoms with van der Waals surface area (Å²) >= 11 is 0. The fraction of sp³-hybridized carbons (Fsp3) is 0.375. The van der Waals surface area contributed by atoms with E-state index >= 15 is 0 Å². The molecule has 19 heavy (non-hydrogen) atoms. The SMILES string of the molecule is C[Si](C)(C)c1ccc[c-]1[Si](C)(C)C.[Fe].[cH-]1[cH-][cH-][cH-][cH-]1. The largest absolute Gasteiger partial charge is 0.748 e. The molecule has 0 nitrogen and oxygen atoms in total. The Morgan fingerprint density at radius 2 is 1.26 bits per heavy atom. The normalized spacial score (nSPS) is 11.3. The van der Waals surface area contributed by atoms with Crippen LogP contribution in [0.3, 0.4) is 0 Å². The minimum Gasteiger partial charge on any atom is -0.748 e. The first-order valence-electron chi connectivity index (χ1n) is 6.66. The van der Waals surface area contributed by atoms with Gasteiger partial charge in [-0.15, -0.1) is 0 Å². The Morgan fingerprint density at radius 1 is 0.842 bits per heavy atom. The van der Waals surface area contributed by atoms with E-state index in [0.29, 0.717) is 0 Å². The zero-order chi connectivity index (χ0) is 13.8. The minimum absolute atomic E-state index is 0. The van der Waals surface area contributed by atoms with E-state index in [1.54, 1.807) is 10.4 Å². The third-order valence-electron chi connectivity index (χ3n) is 2.99. The molecule has 0 saturated heterocycles. The summed E-state index contributed by atoms with van der Waals surface area (Å²) in [6, 6.07) is 16.9. The molecule has 2 aromatic carbocycles. The van der Waals surface area contributed by atoms with E-state index in [9.17, 15) is 0 Å². The summed E-state index contributed by atoms with van der Waals surface area (Å²) in [5, 5.41) is 3.37. The Kier molecular flexibility index (Phi) is 7.30. The molecule has 3 heteroatoms. The standard InChI is InChI=1S/C11H21Si2.C5H5.Fe/c1-12(2,3)10-8-7-9-11(10)13(4,5)6;1-2-4-5-3-1;/h7-9H,1-6H3;1-5H;/q-1;-5;. The molecule has 0 N–H and O–H groups in total. The van der Waals surface area contributed by atoms with Crippen LogP contribution < -0.4 is 10.4 Å². The maximum Gasteiger partial charge on any atom is 0.0505 e. The van der Waals surface area contributed by atoms with Crippen LogP contribution in [0.4, 0.5) is 0 Å². The van der Waals surface area contributed by atoms with Gasteiger partial charge in [-0.05, 0) is 0 Å². The quantitative estimate of drug-likeness (QED) is 0.579. The number of rotatable bonds is 2. The molecule has 0 aromatic heterocycles. The average molecular weight is 330 g/mol. The Hall–Kier alpha value is -0.347. The fourth-order valence-corrected chi connectivity index (χ4v) is 7.27. The number of hydrogen-bond acceptors (Lipinski definition) is 0. The van der Waals surface area contributed by atoms with Gasteiger partial charge < -0.3 is 30.3 Å². The second-order valence-corrected chi connectivity index (χ2v) is 16.9. The summed E-state index contributed by atoms with van der Waals surface area (Å²) in [7, 11) is -2.20. The van der Waals surface area contributed by atoms with Crippen LogP contribution in [0.5, 0.6) is 0 Å². The molecule has 112 valence electrons. The van der Waals surface area contributed by atoms with Gasteiger partial charge in [-0.1, -0.05) is 39.3 Å². The van der Waals surface area contributed by atoms with Crippen LogP contribution in [-0.2, 0) is 17.1 Å². The summed E-state index contributed by atoms with van der Waals surface area (Å²) in [6.07, 6.45) is 0. The van der Waals surface area contributed by atoms with Crippen molar-refractivity contribution < 1.29 is 17.1 Å². The van der Waals surface area contributed by atoms with E-state index in [1.165, 1.54) is 0 Å². The van der Waals surface area contributed by atoms with Gasteiger partial charge >= 0.3 is 0 Å². The summed E-state index contributed by atoms with van der Waals surface area (Å²) < 4.78 is 0. The van der Waals surface area contributed by atoms with Crippen molar-refractivity contribution in [2.75, 3.05) is 0 Å². The van der Waals surface area contributed by atoms with Gasteiger partial charge in [-0.25, -0.2) is 12.1 Å². The van der Waals surface area contributed by atoms with Crippen LogP contribution in [0.15, 0.2) is 48.5 Å². The van der Waals surface area contributed by atoms with Gasteiger partial charge in [-0.2, -0.15) is 16.4 Å². The second-order valence-electron chi connectivity index (χ2n) is 6.82. The molecule has 0 aliphatic heterocycles. The van der Waals surface area contributed by atoms with Gasteiger partial charge in [0.15, 0.2) is 0 Å². The average Bonchev–Trinajstić information content (AvgIpc) is 2.91. The van der Waals surface area contributed by atoms with Crippen molar-refractivity contribution in [2.45, 2.75) is 39.3 Å². The topological polar surface area (TPSA) is 0 Å². The third kappa shape index (κ3) is 6.09. The molecular formula is C16H26FeSi2-6. The minimum atomic E-state index is -1.10. The molecule has 0 unspecified atom stereocenters. The van der Waals surface area contributed by atoms with Crippen LogP contribution in [0.25, 0.3) is 0 Å². The molecular weight excluding hydrogens is 304 g/mol. The van der Waals surface area contributed by atoms with Gasteiger partial charge in [0.05, 0.1) is 8.07 Å². The molecule has 0 aliphatic rings. The monoisotopic (exact) mass is 330 g/mol. The zero-order valence-corrected chi connectivity index (χ0v) is 16.1. The molecule has 0 saturated carbocycles. The van der Waals surface area contributed by atoms with E-state index in [0.717, 1.165) is 0 Å². The third-order valence-corrected chi connectivity index (χ3v) is 7.34. The van der Waals surface area contributed by atoms with Crippen molar-refractivity contribution >= 4 is 26.5 Å². The van der Waals surface area contributed by atoms with E-state index in [-0.39, 0.29) is 17.1 Å². The molecule has 0 heterocycles.